The first-order valence-electron chi connectivity index (χ1n) is 7.98. The molecule has 0 unspecified atom stereocenters. The molecule has 2 aliphatic rings. The predicted molar refractivity (Wildman–Crippen MR) is 81.3 cm³/mol. The van der Waals surface area contributed by atoms with E-state index in [9.17, 15) is 30.0 Å². The molecule has 150 valence electrons. The Labute approximate surface area is 148 Å². The zero-order chi connectivity index (χ0) is 19.8. The molecule has 10 atom stereocenters. The van der Waals surface area contributed by atoms with Crippen LogP contribution in [-0.4, -0.2) is 98.7 Å². The summed E-state index contributed by atoms with van der Waals surface area (Å²) in [4.78, 5) is 22.5. The molecule has 0 saturated carbocycles. The molecule has 2 rings (SSSR count). The van der Waals surface area contributed by atoms with Gasteiger partial charge in [0.15, 0.2) is 18.7 Å². The first kappa shape index (κ1) is 20.9. The van der Waals surface area contributed by atoms with E-state index in [0.29, 0.717) is 0 Å². The van der Waals surface area contributed by atoms with E-state index in [4.69, 9.17) is 25.1 Å². The van der Waals surface area contributed by atoms with E-state index in [1.165, 1.54) is 6.92 Å². The highest BCUT2D eigenvalue weighted by Gasteiger charge is 2.51. The van der Waals surface area contributed by atoms with Crippen molar-refractivity contribution in [3.05, 3.63) is 0 Å². The third-order valence-electron chi connectivity index (χ3n) is 4.41. The van der Waals surface area contributed by atoms with Crippen molar-refractivity contribution >= 4 is 11.9 Å². The number of aliphatic hydroxyl groups excluding tert-OH is 4. The topological polar surface area (TPSA) is 201 Å². The number of nitrogens with one attached hydrogen (secondary N) is 1. The molecule has 0 aromatic heterocycles. The average molecular weight is 380 g/mol. The van der Waals surface area contributed by atoms with Crippen LogP contribution >= 0.6 is 0 Å². The van der Waals surface area contributed by atoms with Gasteiger partial charge in [-0.2, -0.15) is 0 Å². The lowest BCUT2D eigenvalue weighted by Crippen LogP contribution is -2.68. The van der Waals surface area contributed by atoms with Gasteiger partial charge in [0.25, 0.3) is 0 Å². The molecule has 0 spiro atoms. The Hall–Kier alpha value is -1.38. The Balaban J connectivity index is 2.23. The van der Waals surface area contributed by atoms with E-state index in [1.807, 2.05) is 0 Å². The molecule has 2 heterocycles. The summed E-state index contributed by atoms with van der Waals surface area (Å²) < 4.78 is 15.8. The lowest BCUT2D eigenvalue weighted by Gasteiger charge is -2.46. The van der Waals surface area contributed by atoms with E-state index >= 15 is 0 Å². The van der Waals surface area contributed by atoms with Gasteiger partial charge in [-0.05, 0) is 6.92 Å². The number of hydrogen-bond acceptors (Lipinski definition) is 10. The van der Waals surface area contributed by atoms with Crippen LogP contribution in [0.25, 0.3) is 0 Å². The summed E-state index contributed by atoms with van der Waals surface area (Å²) >= 11 is 0. The maximum absolute atomic E-state index is 11.4. The van der Waals surface area contributed by atoms with Crippen LogP contribution in [0, 0.1) is 0 Å². The Morgan fingerprint density at radius 2 is 1.69 bits per heavy atom. The fourth-order valence-corrected chi connectivity index (χ4v) is 2.95. The van der Waals surface area contributed by atoms with Gasteiger partial charge in [-0.25, -0.2) is 4.79 Å². The van der Waals surface area contributed by atoms with E-state index in [2.05, 4.69) is 5.32 Å². The monoisotopic (exact) mass is 380 g/mol. The van der Waals surface area contributed by atoms with Crippen molar-refractivity contribution in [1.82, 2.24) is 5.32 Å². The molecule has 0 aromatic rings. The largest absolute Gasteiger partial charge is 0.479 e. The molecular weight excluding hydrogens is 356 g/mol. The summed E-state index contributed by atoms with van der Waals surface area (Å²) in [6.45, 7) is 2.74. The van der Waals surface area contributed by atoms with Crippen molar-refractivity contribution in [2.45, 2.75) is 75.1 Å². The van der Waals surface area contributed by atoms with Gasteiger partial charge >= 0.3 is 5.97 Å². The fourth-order valence-electron chi connectivity index (χ4n) is 2.95. The number of aliphatic carboxylic acids is 1. The second-order valence-electron chi connectivity index (χ2n) is 6.37. The molecule has 26 heavy (non-hydrogen) atoms. The number of carboxylic acid groups (broad SMARTS) is 1. The highest BCUT2D eigenvalue weighted by molar-refractivity contribution is 5.73. The third kappa shape index (κ3) is 4.13. The fraction of sp³-hybridized carbons (Fsp3) is 0.857. The Morgan fingerprint density at radius 3 is 2.23 bits per heavy atom. The van der Waals surface area contributed by atoms with Gasteiger partial charge in [0.2, 0.25) is 5.91 Å². The summed E-state index contributed by atoms with van der Waals surface area (Å²) in [6, 6.07) is -2.03. The van der Waals surface area contributed by atoms with Crippen LogP contribution in [0.5, 0.6) is 0 Å². The molecule has 2 aliphatic heterocycles. The molecular formula is C14H24N2O10. The summed E-state index contributed by atoms with van der Waals surface area (Å²) in [6.07, 6.45) is -12.4. The number of rotatable bonds is 4. The lowest BCUT2D eigenvalue weighted by atomic mass is 9.94. The number of hydrogen-bond donors (Lipinski definition) is 7. The van der Waals surface area contributed by atoms with Crippen molar-refractivity contribution < 1.29 is 49.3 Å². The number of nitrogens with two attached hydrogens (primary N) is 1. The van der Waals surface area contributed by atoms with Gasteiger partial charge in [0.1, 0.15) is 30.5 Å². The highest BCUT2D eigenvalue weighted by atomic mass is 16.7. The van der Waals surface area contributed by atoms with E-state index in [1.54, 1.807) is 6.92 Å². The minimum absolute atomic E-state index is 0.517. The minimum Gasteiger partial charge on any atom is -0.479 e. The zero-order valence-corrected chi connectivity index (χ0v) is 14.1. The maximum Gasteiger partial charge on any atom is 0.335 e. The standard InChI is InChI=1S/C14H24N2O10/c1-3-5(15)10(6(13(23)24-3)16-4(2)17)25-14-9(20)7(18)8(19)11(26-14)12(21)22/h3,5-11,13-14,18-20,23H,15H2,1-2H3,(H,16,17)(H,21,22)/t3-,5+,6-,7+,8-,9-,10+,11+,13+,14+/m1/s1. The maximum atomic E-state index is 11.4. The number of carbonyl (C=O) groups excluding carboxylic acids is 1. The number of carboxylic acids is 1. The van der Waals surface area contributed by atoms with Crippen molar-refractivity contribution in [1.29, 1.82) is 0 Å². The smallest absolute Gasteiger partial charge is 0.335 e. The molecule has 8 N–H and O–H groups in total. The van der Waals surface area contributed by atoms with Crippen LogP contribution in [0.15, 0.2) is 0 Å². The predicted octanol–water partition coefficient (Wildman–Crippen LogP) is -4.17. The number of ether oxygens (including phenoxy) is 3. The van der Waals surface area contributed by atoms with Crippen molar-refractivity contribution in [3.63, 3.8) is 0 Å². The molecule has 0 aromatic carbocycles. The van der Waals surface area contributed by atoms with Crippen molar-refractivity contribution in [2.75, 3.05) is 0 Å². The molecule has 12 heteroatoms. The highest BCUT2D eigenvalue weighted by Crippen LogP contribution is 2.28. The summed E-state index contributed by atoms with van der Waals surface area (Å²) in [7, 11) is 0. The number of amides is 1. The summed E-state index contributed by atoms with van der Waals surface area (Å²) in [5, 5.41) is 51.1. The third-order valence-corrected chi connectivity index (χ3v) is 4.41. The molecule has 2 saturated heterocycles. The average Bonchev–Trinajstić information content (AvgIpc) is 2.55. The number of carbonyl (C=O) groups is 2. The first-order valence-corrected chi connectivity index (χ1v) is 7.98. The van der Waals surface area contributed by atoms with Gasteiger partial charge in [0.05, 0.1) is 12.1 Å². The van der Waals surface area contributed by atoms with Crippen LogP contribution < -0.4 is 11.1 Å². The molecule has 0 radical (unpaired) electrons. The van der Waals surface area contributed by atoms with E-state index in [0.717, 1.165) is 0 Å². The lowest BCUT2D eigenvalue weighted by molar-refractivity contribution is -0.322. The van der Waals surface area contributed by atoms with Gasteiger partial charge in [-0.1, -0.05) is 0 Å². The Kier molecular flexibility index (Phi) is 6.52. The second-order valence-corrected chi connectivity index (χ2v) is 6.37. The molecule has 1 amide bonds. The minimum atomic E-state index is -1.87. The Morgan fingerprint density at radius 1 is 1.08 bits per heavy atom. The summed E-state index contributed by atoms with van der Waals surface area (Å²) in [5.41, 5.74) is 5.99. The van der Waals surface area contributed by atoms with Crippen molar-refractivity contribution in [2.24, 2.45) is 5.73 Å². The summed E-state index contributed by atoms with van der Waals surface area (Å²) in [5.74, 6) is -2.09. The first-order chi connectivity index (χ1) is 12.0. The molecule has 0 bridgehead atoms. The normalized spacial score (nSPS) is 46.6. The number of aliphatic hydroxyl groups is 4. The molecule has 0 aliphatic carbocycles. The second kappa shape index (κ2) is 8.10. The zero-order valence-electron chi connectivity index (χ0n) is 14.1. The Bertz CT molecular complexity index is 534. The van der Waals surface area contributed by atoms with Gasteiger partial charge in [-0.3, -0.25) is 4.79 Å². The van der Waals surface area contributed by atoms with Crippen LogP contribution in [-0.2, 0) is 23.8 Å². The van der Waals surface area contributed by atoms with Crippen molar-refractivity contribution in [3.8, 4) is 0 Å². The SMILES string of the molecule is CC(=O)N[C@@H]1[C@@H](O[C@H]2O[C@H](C(=O)O)[C@H](O)[C@H](O)[C@H]2O)[C@@H](N)[C@@H](C)O[C@@H]1O. The van der Waals surface area contributed by atoms with Gasteiger partial charge in [0, 0.05) is 6.92 Å². The van der Waals surface area contributed by atoms with E-state index < -0.39 is 73.2 Å². The van der Waals surface area contributed by atoms with E-state index in [-0.39, 0.29) is 0 Å². The van der Waals surface area contributed by atoms with Crippen LogP contribution in [0.4, 0.5) is 0 Å². The molecule has 2 fully saturated rings. The quantitative estimate of drug-likeness (QED) is 0.249. The van der Waals surface area contributed by atoms with Crippen LogP contribution in [0.1, 0.15) is 13.8 Å². The van der Waals surface area contributed by atoms with Crippen LogP contribution in [0.3, 0.4) is 0 Å². The molecule has 12 nitrogen and oxygen atoms in total. The van der Waals surface area contributed by atoms with Crippen LogP contribution in [0.2, 0.25) is 0 Å². The van der Waals surface area contributed by atoms with Gasteiger partial charge in [-0.15, -0.1) is 0 Å². The van der Waals surface area contributed by atoms with Gasteiger partial charge < -0.3 is 50.8 Å².